The number of hydrogen-bond donors (Lipinski definition) is 1. The molecule has 3 rings (SSSR count). The van der Waals surface area contributed by atoms with Crippen molar-refractivity contribution in [1.29, 1.82) is 5.26 Å². The third-order valence-corrected chi connectivity index (χ3v) is 6.30. The number of nitrogens with zero attached hydrogens (tertiary/aromatic N) is 4. The monoisotopic (exact) mass is 447 g/mol. The lowest BCUT2D eigenvalue weighted by molar-refractivity contribution is 0.324. The van der Waals surface area contributed by atoms with Gasteiger partial charge in [0.2, 0.25) is 0 Å². The topological polar surface area (TPSA) is 83.3 Å². The molecule has 0 spiro atoms. The Morgan fingerprint density at radius 1 is 1.23 bits per heavy atom. The van der Waals surface area contributed by atoms with Gasteiger partial charge >= 0.3 is 0 Å². The van der Waals surface area contributed by atoms with E-state index in [1.54, 1.807) is 38.1 Å². The van der Waals surface area contributed by atoms with E-state index < -0.39 is 0 Å². The van der Waals surface area contributed by atoms with Crippen LogP contribution in [0.5, 0.6) is 11.5 Å². The smallest absolute Gasteiger partial charge is 0.190 e. The van der Waals surface area contributed by atoms with Gasteiger partial charge in [0.05, 0.1) is 36.9 Å². The summed E-state index contributed by atoms with van der Waals surface area (Å²) in [5.41, 5.74) is 2.13. The number of nitrogens with one attached hydrogen (secondary N) is 1. The van der Waals surface area contributed by atoms with Crippen molar-refractivity contribution in [2.24, 2.45) is 0 Å². The van der Waals surface area contributed by atoms with Gasteiger partial charge in [-0.2, -0.15) is 5.26 Å². The number of methoxy groups -OCH3 is 2. The molecule has 1 N–H and O–H groups in total. The number of ether oxygens (including phenoxy) is 2. The highest BCUT2D eigenvalue weighted by atomic mass is 35.5. The number of benzene rings is 1. The van der Waals surface area contributed by atoms with Gasteiger partial charge in [-0.05, 0) is 19.2 Å². The summed E-state index contributed by atoms with van der Waals surface area (Å²) in [6, 6.07) is 5.85. The molecule has 2 aromatic rings. The van der Waals surface area contributed by atoms with Crippen LogP contribution in [0.3, 0.4) is 0 Å². The second kappa shape index (κ2) is 10.2. The maximum absolute atomic E-state index is 9.63. The van der Waals surface area contributed by atoms with E-state index in [9.17, 15) is 5.26 Å². The number of aromatic nitrogens is 2. The molecule has 9 heteroatoms. The van der Waals surface area contributed by atoms with Gasteiger partial charge in [0.1, 0.15) is 5.82 Å². The van der Waals surface area contributed by atoms with Crippen LogP contribution in [0.25, 0.3) is 11.3 Å². The van der Waals surface area contributed by atoms with E-state index >= 15 is 0 Å². The van der Waals surface area contributed by atoms with Gasteiger partial charge in [-0.1, -0.05) is 37.2 Å². The first kappa shape index (κ1) is 22.5. The first-order chi connectivity index (χ1) is 14.6. The Balaban J connectivity index is 2.03. The molecule has 1 atom stereocenters. The zero-order chi connectivity index (χ0) is 21.7. The van der Waals surface area contributed by atoms with E-state index in [1.807, 2.05) is 0 Å². The average Bonchev–Trinajstić information content (AvgIpc) is 3.19. The van der Waals surface area contributed by atoms with Gasteiger partial charge in [0.15, 0.2) is 16.7 Å². The Morgan fingerprint density at radius 3 is 2.57 bits per heavy atom. The van der Waals surface area contributed by atoms with E-state index in [0.29, 0.717) is 45.3 Å². The van der Waals surface area contributed by atoms with Crippen LogP contribution in [-0.2, 0) is 0 Å². The largest absolute Gasteiger partial charge is 0.493 e. The highest BCUT2D eigenvalue weighted by Crippen LogP contribution is 2.43. The predicted molar refractivity (Wildman–Crippen MR) is 121 cm³/mol. The van der Waals surface area contributed by atoms with Crippen molar-refractivity contribution in [2.75, 3.05) is 51.5 Å². The molecule has 2 heterocycles. The van der Waals surface area contributed by atoms with Crippen molar-refractivity contribution in [3.05, 3.63) is 22.7 Å². The van der Waals surface area contributed by atoms with Crippen LogP contribution in [0.4, 0.5) is 5.82 Å². The zero-order valence-electron chi connectivity index (χ0n) is 17.7. The Labute approximate surface area is 186 Å². The minimum atomic E-state index is -0.339. The number of rotatable bonds is 9. The Morgan fingerprint density at radius 2 is 1.93 bits per heavy atom. The van der Waals surface area contributed by atoms with E-state index in [0.717, 1.165) is 31.0 Å². The van der Waals surface area contributed by atoms with E-state index in [1.165, 1.54) is 0 Å². The highest BCUT2D eigenvalue weighted by molar-refractivity contribution is 7.99. The molecule has 0 saturated heterocycles. The van der Waals surface area contributed by atoms with Gasteiger partial charge < -0.3 is 19.7 Å². The molecule has 1 aromatic carbocycles. The minimum Gasteiger partial charge on any atom is -0.493 e. The second-order valence-corrected chi connectivity index (χ2v) is 8.21. The van der Waals surface area contributed by atoms with Gasteiger partial charge in [0.25, 0.3) is 0 Å². The molecule has 1 unspecified atom stereocenters. The van der Waals surface area contributed by atoms with Crippen molar-refractivity contribution < 1.29 is 9.47 Å². The number of nitriles is 1. The first-order valence-electron chi connectivity index (χ1n) is 9.88. The minimum absolute atomic E-state index is 0.339. The molecule has 30 heavy (non-hydrogen) atoms. The molecule has 0 saturated carbocycles. The van der Waals surface area contributed by atoms with Crippen LogP contribution in [0.1, 0.15) is 25.3 Å². The van der Waals surface area contributed by atoms with E-state index in [-0.39, 0.29) is 5.92 Å². The summed E-state index contributed by atoms with van der Waals surface area (Å²) in [6.07, 6.45) is 0. The summed E-state index contributed by atoms with van der Waals surface area (Å²) < 4.78 is 10.8. The molecule has 0 radical (unpaired) electrons. The van der Waals surface area contributed by atoms with Gasteiger partial charge in [-0.15, -0.1) is 0 Å². The third kappa shape index (κ3) is 4.59. The molecule has 0 bridgehead atoms. The Bertz CT molecular complexity index is 946. The summed E-state index contributed by atoms with van der Waals surface area (Å²) in [5.74, 6) is 2.33. The summed E-state index contributed by atoms with van der Waals surface area (Å²) in [5, 5.41) is 14.0. The number of hydrogen-bond acceptors (Lipinski definition) is 8. The molecule has 160 valence electrons. The van der Waals surface area contributed by atoms with Gasteiger partial charge in [-0.25, -0.2) is 9.97 Å². The fraction of sp³-hybridized carbons (Fsp3) is 0.476. The lowest BCUT2D eigenvalue weighted by atomic mass is 9.98. The lowest BCUT2D eigenvalue weighted by Gasteiger charge is -2.17. The number of thioether (sulfide) groups is 1. The number of fused-ring (bicyclic) bond motifs is 1. The van der Waals surface area contributed by atoms with Crippen LogP contribution in [0.15, 0.2) is 17.3 Å². The van der Waals surface area contributed by atoms with Crippen LogP contribution >= 0.6 is 23.4 Å². The molecular formula is C21H26ClN5O2S. The van der Waals surface area contributed by atoms with Crippen LogP contribution < -0.4 is 14.8 Å². The summed E-state index contributed by atoms with van der Waals surface area (Å²) in [6.45, 7) is 7.80. The normalized spacial score (nSPS) is 14.9. The zero-order valence-corrected chi connectivity index (χ0v) is 19.2. The molecule has 7 nitrogen and oxygen atoms in total. The quantitative estimate of drug-likeness (QED) is 0.450. The molecule has 1 aliphatic rings. The summed E-state index contributed by atoms with van der Waals surface area (Å²) in [7, 11) is 3.14. The first-order valence-corrected chi connectivity index (χ1v) is 11.2. The summed E-state index contributed by atoms with van der Waals surface area (Å²) in [4.78, 5) is 11.8. The van der Waals surface area contributed by atoms with Crippen LogP contribution in [-0.4, -0.2) is 61.0 Å². The molecule has 0 fully saturated rings. The summed E-state index contributed by atoms with van der Waals surface area (Å²) >= 11 is 8.19. The standard InChI is InChI=1S/C21H26ClN5O2S/c1-5-27(6-2)7-8-30-21-25-19(18-13(11-23)12-24-20(18)26-21)14-9-16(28-3)17(29-4)10-15(14)22/h9-10,13H,5-8,12H2,1-4H3,(H,24,25,26). The third-order valence-electron chi connectivity index (χ3n) is 5.16. The lowest BCUT2D eigenvalue weighted by Crippen LogP contribution is -2.25. The van der Waals surface area contributed by atoms with Crippen molar-refractivity contribution in [2.45, 2.75) is 24.9 Å². The molecular weight excluding hydrogens is 422 g/mol. The van der Waals surface area contributed by atoms with E-state index in [4.69, 9.17) is 26.1 Å². The van der Waals surface area contributed by atoms with Crippen molar-refractivity contribution >= 4 is 29.2 Å². The van der Waals surface area contributed by atoms with Crippen LogP contribution in [0.2, 0.25) is 5.02 Å². The fourth-order valence-corrected chi connectivity index (χ4v) is 4.52. The predicted octanol–water partition coefficient (Wildman–Crippen LogP) is 4.28. The molecule has 0 amide bonds. The van der Waals surface area contributed by atoms with Crippen molar-refractivity contribution in [3.63, 3.8) is 0 Å². The SMILES string of the molecule is CCN(CC)CCSc1nc2c(c(-c3cc(OC)c(OC)cc3Cl)n1)C(C#N)CN2. The number of anilines is 1. The van der Waals surface area contributed by atoms with Crippen molar-refractivity contribution in [1.82, 2.24) is 14.9 Å². The second-order valence-electron chi connectivity index (χ2n) is 6.74. The molecule has 1 aliphatic heterocycles. The van der Waals surface area contributed by atoms with E-state index in [2.05, 4.69) is 35.1 Å². The number of halogens is 1. The van der Waals surface area contributed by atoms with Crippen LogP contribution in [0, 0.1) is 11.3 Å². The Kier molecular flexibility index (Phi) is 7.64. The maximum atomic E-state index is 9.63. The average molecular weight is 448 g/mol. The molecule has 0 aliphatic carbocycles. The van der Waals surface area contributed by atoms with Gasteiger partial charge in [0, 0.05) is 36.0 Å². The highest BCUT2D eigenvalue weighted by Gasteiger charge is 2.30. The molecule has 1 aromatic heterocycles. The van der Waals surface area contributed by atoms with Crippen molar-refractivity contribution in [3.8, 4) is 28.8 Å². The fourth-order valence-electron chi connectivity index (χ4n) is 3.44. The maximum Gasteiger partial charge on any atom is 0.190 e. The van der Waals surface area contributed by atoms with Gasteiger partial charge in [-0.3, -0.25) is 0 Å². The Hall–Kier alpha value is -2.21.